The van der Waals surface area contributed by atoms with Gasteiger partial charge in [0.1, 0.15) is 23.4 Å². The van der Waals surface area contributed by atoms with Gasteiger partial charge in [-0.05, 0) is 73.6 Å². The summed E-state index contributed by atoms with van der Waals surface area (Å²) in [6.45, 7) is 7.73. The van der Waals surface area contributed by atoms with Crippen LogP contribution in [0.4, 0.5) is 16.4 Å². The molecule has 47 heavy (non-hydrogen) atoms. The molecule has 0 bridgehead atoms. The van der Waals surface area contributed by atoms with Gasteiger partial charge >= 0.3 is 6.03 Å². The van der Waals surface area contributed by atoms with Crippen molar-refractivity contribution in [3.63, 3.8) is 0 Å². The zero-order valence-electron chi connectivity index (χ0n) is 26.9. The number of halogens is 1. The van der Waals surface area contributed by atoms with Gasteiger partial charge in [0.15, 0.2) is 5.65 Å². The highest BCUT2D eigenvalue weighted by molar-refractivity contribution is 6.32. The Kier molecular flexibility index (Phi) is 9.26. The number of rotatable bonds is 8. The monoisotopic (exact) mass is 656 g/mol. The molecule has 1 aliphatic carbocycles. The lowest BCUT2D eigenvalue weighted by molar-refractivity contribution is 0.171. The first kappa shape index (κ1) is 32.2. The van der Waals surface area contributed by atoms with Crippen molar-refractivity contribution in [3.05, 3.63) is 88.8 Å². The van der Waals surface area contributed by atoms with E-state index >= 15 is 0 Å². The summed E-state index contributed by atoms with van der Waals surface area (Å²) < 4.78 is 8.59. The summed E-state index contributed by atoms with van der Waals surface area (Å²) in [7, 11) is 0. The number of phenolic OH excluding ortho intramolecular Hbond substituents is 1. The summed E-state index contributed by atoms with van der Waals surface area (Å²) >= 11 is 6.11. The number of carbonyl (C=O) groups is 1. The molecule has 0 spiro atoms. The molecule has 1 aliphatic heterocycles. The van der Waals surface area contributed by atoms with E-state index in [9.17, 15) is 9.90 Å². The van der Waals surface area contributed by atoms with Crippen molar-refractivity contribution in [3.8, 4) is 11.5 Å². The Balaban J connectivity index is 1.17. The van der Waals surface area contributed by atoms with Gasteiger partial charge in [-0.3, -0.25) is 9.72 Å². The number of ether oxygens (including phenoxy) is 1. The predicted molar refractivity (Wildman–Crippen MR) is 185 cm³/mol. The number of nitrogens with one attached hydrogen (secondary N) is 4. The quantitative estimate of drug-likeness (QED) is 0.0986. The Hall–Kier alpha value is -4.77. The molecular weight excluding hydrogens is 616 g/mol. The lowest BCUT2D eigenvalue weighted by Crippen LogP contribution is -2.41. The zero-order chi connectivity index (χ0) is 33.1. The molecule has 2 aromatic heterocycles. The molecule has 0 saturated carbocycles. The van der Waals surface area contributed by atoms with Crippen molar-refractivity contribution in [2.75, 3.05) is 23.3 Å². The van der Waals surface area contributed by atoms with E-state index in [1.807, 2.05) is 67.8 Å². The van der Waals surface area contributed by atoms with Gasteiger partial charge in [0.2, 0.25) is 5.95 Å². The zero-order valence-corrected chi connectivity index (χ0v) is 27.6. The number of fused-ring (bicyclic) bond motifs is 2. The molecule has 0 unspecified atom stereocenters. The molecule has 6 rings (SSSR count). The number of hydrogen-bond donors (Lipinski definition) is 5. The summed E-state index contributed by atoms with van der Waals surface area (Å²) in [5, 5.41) is 36.5. The fourth-order valence-electron chi connectivity index (χ4n) is 5.95. The number of hydrogen-bond acceptors (Lipinski definition) is 8. The minimum Gasteiger partial charge on any atom is -0.506 e. The number of nitrogens with zero attached hydrogens (tertiary/aromatic N) is 4. The molecule has 1 saturated heterocycles. The molecule has 2 amide bonds. The summed E-state index contributed by atoms with van der Waals surface area (Å²) in [5.41, 5.74) is 3.23. The molecule has 11 nitrogen and oxygen atoms in total. The highest BCUT2D eigenvalue weighted by Gasteiger charge is 2.30. The second-order valence-corrected chi connectivity index (χ2v) is 13.5. The molecule has 12 heteroatoms. The van der Waals surface area contributed by atoms with Crippen LogP contribution in [0.5, 0.6) is 11.5 Å². The van der Waals surface area contributed by atoms with Crippen LogP contribution in [0.2, 0.25) is 5.02 Å². The predicted octanol–water partition coefficient (Wildman–Crippen LogP) is 7.35. The molecule has 5 N–H and O–H groups in total. The van der Waals surface area contributed by atoms with Crippen LogP contribution in [-0.2, 0) is 0 Å². The number of benzene rings is 2. The van der Waals surface area contributed by atoms with Crippen molar-refractivity contribution in [1.82, 2.24) is 25.2 Å². The number of pyridine rings is 1. The van der Waals surface area contributed by atoms with Crippen LogP contribution >= 0.6 is 11.6 Å². The van der Waals surface area contributed by atoms with Crippen molar-refractivity contribution in [1.29, 1.82) is 5.41 Å². The number of aromatic nitrogens is 3. The number of phenols is 1. The molecule has 0 radical (unpaired) electrons. The maximum atomic E-state index is 13.4. The third kappa shape index (κ3) is 7.46. The maximum absolute atomic E-state index is 13.4. The first-order chi connectivity index (χ1) is 22.5. The minimum absolute atomic E-state index is 0.0457. The Morgan fingerprint density at radius 2 is 1.81 bits per heavy atom. The molecule has 1 fully saturated rings. The summed E-state index contributed by atoms with van der Waals surface area (Å²) in [6.07, 6.45) is 8.27. The second kappa shape index (κ2) is 13.5. The van der Waals surface area contributed by atoms with Gasteiger partial charge in [-0.15, -0.1) is 10.2 Å². The molecule has 2 atom stereocenters. The van der Waals surface area contributed by atoms with Gasteiger partial charge in [0.05, 0.1) is 17.3 Å². The fourth-order valence-corrected chi connectivity index (χ4v) is 6.13. The maximum Gasteiger partial charge on any atom is 0.320 e. The average molecular weight is 657 g/mol. The fraction of sp³-hybridized carbons (Fsp3) is 0.371. The van der Waals surface area contributed by atoms with E-state index in [-0.39, 0.29) is 22.9 Å². The van der Waals surface area contributed by atoms with E-state index in [2.05, 4.69) is 31.0 Å². The van der Waals surface area contributed by atoms with Crippen molar-refractivity contribution in [2.24, 2.45) is 5.41 Å². The first-order valence-electron chi connectivity index (χ1n) is 16.0. The molecule has 246 valence electrons. The smallest absolute Gasteiger partial charge is 0.320 e. The highest BCUT2D eigenvalue weighted by Crippen LogP contribution is 2.39. The van der Waals surface area contributed by atoms with Crippen LogP contribution in [0.25, 0.3) is 5.65 Å². The number of allylic oxidation sites excluding steroid dienone is 1. The van der Waals surface area contributed by atoms with E-state index in [0.717, 1.165) is 54.4 Å². The number of amides is 2. The molecule has 2 aliphatic rings. The average Bonchev–Trinajstić information content (AvgIpc) is 3.47. The Morgan fingerprint density at radius 1 is 1.04 bits per heavy atom. The SMILES string of the molecule is CC(C)(C)C(=N)/C=C(/NC(=O)N[C@H]1CC[C@@H](Oc2ccc3nnc(N4CCCCC4)n3c2)c2ccccc21)Nc1ccc(O)c(Cl)c1. The molecular formula is C35H41ClN8O3. The number of anilines is 2. The second-order valence-electron chi connectivity index (χ2n) is 13.1. The third-order valence-electron chi connectivity index (χ3n) is 8.59. The standard InChI is InChI=1S/C35H41ClN8O3/c1-35(2,3)30(37)20-31(38-22-11-14-28(45)26(36)19-22)40-33(46)39-27-13-15-29(25-10-6-5-9-24(25)27)47-23-12-16-32-41-42-34(44(32)21-23)43-17-7-4-8-18-43/h5-6,9-12,14,16,19-21,27,29,37-38,45H,4,7-8,13,15,17-18H2,1-3H3,(H2,39,40,46)/b31-20+,37-30?/t27-,29+/m0/s1. The Bertz CT molecular complexity index is 1810. The topological polar surface area (TPSA) is 140 Å². The van der Waals surface area contributed by atoms with Crippen LogP contribution in [0.3, 0.4) is 0 Å². The van der Waals surface area contributed by atoms with Gasteiger partial charge in [0.25, 0.3) is 0 Å². The Morgan fingerprint density at radius 3 is 2.55 bits per heavy atom. The Labute approximate surface area is 279 Å². The third-order valence-corrected chi connectivity index (χ3v) is 8.89. The van der Waals surface area contributed by atoms with Gasteiger partial charge in [-0.1, -0.05) is 56.6 Å². The van der Waals surface area contributed by atoms with E-state index in [0.29, 0.717) is 30.1 Å². The molecule has 3 heterocycles. The summed E-state index contributed by atoms with van der Waals surface area (Å²) in [5.74, 6) is 1.84. The van der Waals surface area contributed by atoms with E-state index in [1.54, 1.807) is 18.2 Å². The lowest BCUT2D eigenvalue weighted by Gasteiger charge is -2.32. The van der Waals surface area contributed by atoms with Crippen molar-refractivity contribution < 1.29 is 14.6 Å². The van der Waals surface area contributed by atoms with Crippen molar-refractivity contribution >= 4 is 40.6 Å². The number of carbonyl (C=O) groups excluding carboxylic acids is 1. The van der Waals surface area contributed by atoms with E-state index in [1.165, 1.54) is 12.5 Å². The van der Waals surface area contributed by atoms with Gasteiger partial charge in [0, 0.05) is 36.0 Å². The van der Waals surface area contributed by atoms with Gasteiger partial charge < -0.3 is 30.8 Å². The minimum atomic E-state index is -0.441. The number of aromatic hydroxyl groups is 1. The van der Waals surface area contributed by atoms with Crippen LogP contribution < -0.4 is 25.6 Å². The van der Waals surface area contributed by atoms with Crippen LogP contribution in [0.15, 0.2) is 72.7 Å². The van der Waals surface area contributed by atoms with Crippen LogP contribution in [0.1, 0.15) is 76.1 Å². The van der Waals surface area contributed by atoms with Crippen molar-refractivity contribution in [2.45, 2.75) is 65.0 Å². The first-order valence-corrected chi connectivity index (χ1v) is 16.4. The van der Waals surface area contributed by atoms with Crippen LogP contribution in [-0.4, -0.2) is 44.5 Å². The summed E-state index contributed by atoms with van der Waals surface area (Å²) in [6, 6.07) is 15.9. The normalized spacial score (nSPS) is 18.4. The number of urea groups is 1. The van der Waals surface area contributed by atoms with E-state index < -0.39 is 11.4 Å². The highest BCUT2D eigenvalue weighted by atomic mass is 35.5. The van der Waals surface area contributed by atoms with Gasteiger partial charge in [-0.25, -0.2) is 4.79 Å². The molecule has 4 aromatic rings. The molecule has 2 aromatic carbocycles. The van der Waals surface area contributed by atoms with Gasteiger partial charge in [-0.2, -0.15) is 0 Å². The van der Waals surface area contributed by atoms with Crippen LogP contribution in [0, 0.1) is 10.8 Å². The van der Waals surface area contributed by atoms with E-state index in [4.69, 9.17) is 21.7 Å². The number of piperidine rings is 1. The largest absolute Gasteiger partial charge is 0.506 e. The lowest BCUT2D eigenvalue weighted by atomic mass is 9.85. The summed E-state index contributed by atoms with van der Waals surface area (Å²) in [4.78, 5) is 15.7.